The molecule has 0 radical (unpaired) electrons. The molecule has 120 valence electrons. The Morgan fingerprint density at radius 1 is 1.05 bits per heavy atom. The van der Waals surface area contributed by atoms with Crippen molar-refractivity contribution in [2.45, 2.75) is 52.8 Å². The third-order valence-corrected chi connectivity index (χ3v) is 4.13. The number of ether oxygens (including phenoxy) is 1. The second-order valence-corrected chi connectivity index (χ2v) is 6.50. The molecule has 0 saturated carbocycles. The highest BCUT2D eigenvalue weighted by Gasteiger charge is 2.18. The first kappa shape index (κ1) is 18.0. The van der Waals surface area contributed by atoms with Crippen molar-refractivity contribution in [1.82, 2.24) is 10.2 Å². The van der Waals surface area contributed by atoms with E-state index in [1.807, 2.05) is 20.9 Å². The van der Waals surface area contributed by atoms with Crippen molar-refractivity contribution in [3.05, 3.63) is 29.8 Å². The van der Waals surface area contributed by atoms with Gasteiger partial charge in [-0.1, -0.05) is 26.0 Å². The molecule has 1 rings (SSSR count). The molecule has 21 heavy (non-hydrogen) atoms. The number of likely N-dealkylation sites (N-methyl/N-ethyl adjacent to an activating group) is 2. The summed E-state index contributed by atoms with van der Waals surface area (Å²) in [7, 11) is 4.22. The van der Waals surface area contributed by atoms with Gasteiger partial charge in [-0.3, -0.25) is 0 Å². The van der Waals surface area contributed by atoms with E-state index in [0.29, 0.717) is 18.0 Å². The predicted molar refractivity (Wildman–Crippen MR) is 90.9 cm³/mol. The normalized spacial score (nSPS) is 14.8. The van der Waals surface area contributed by atoms with Crippen LogP contribution in [-0.2, 0) is 0 Å². The average Bonchev–Trinajstić information content (AvgIpc) is 2.43. The van der Waals surface area contributed by atoms with Gasteiger partial charge in [-0.2, -0.15) is 0 Å². The summed E-state index contributed by atoms with van der Waals surface area (Å²) in [6.07, 6.45) is 0.217. The molecule has 0 amide bonds. The van der Waals surface area contributed by atoms with Crippen LogP contribution in [0.1, 0.15) is 46.2 Å². The van der Waals surface area contributed by atoms with Crippen LogP contribution in [0.25, 0.3) is 0 Å². The molecule has 0 bridgehead atoms. The van der Waals surface area contributed by atoms with Crippen molar-refractivity contribution in [2.24, 2.45) is 5.92 Å². The fraction of sp³-hybridized carbons (Fsp3) is 0.667. The molecule has 0 heterocycles. The predicted octanol–water partition coefficient (Wildman–Crippen LogP) is 3.71. The van der Waals surface area contributed by atoms with Crippen molar-refractivity contribution < 1.29 is 4.74 Å². The van der Waals surface area contributed by atoms with Crippen molar-refractivity contribution in [2.75, 3.05) is 20.6 Å². The van der Waals surface area contributed by atoms with E-state index in [2.05, 4.69) is 62.3 Å². The SMILES string of the molecule is CNC(CN(C)C(C)C(C)C)c1ccc(OC(C)C)cc1. The minimum Gasteiger partial charge on any atom is -0.491 e. The molecular weight excluding hydrogens is 260 g/mol. The van der Waals surface area contributed by atoms with Crippen LogP contribution >= 0.6 is 0 Å². The maximum atomic E-state index is 5.70. The van der Waals surface area contributed by atoms with Gasteiger partial charge < -0.3 is 15.0 Å². The molecule has 0 aliphatic rings. The highest BCUT2D eigenvalue weighted by molar-refractivity contribution is 5.29. The Bertz CT molecular complexity index is 400. The van der Waals surface area contributed by atoms with Gasteiger partial charge in [-0.15, -0.1) is 0 Å². The van der Waals surface area contributed by atoms with Gasteiger partial charge >= 0.3 is 0 Å². The summed E-state index contributed by atoms with van der Waals surface area (Å²) in [6, 6.07) is 9.35. The Hall–Kier alpha value is -1.06. The molecule has 3 nitrogen and oxygen atoms in total. The first-order valence-corrected chi connectivity index (χ1v) is 7.99. The number of hydrogen-bond acceptors (Lipinski definition) is 3. The zero-order valence-electron chi connectivity index (χ0n) is 14.7. The standard InChI is InChI=1S/C18H32N2O/c1-13(2)15(5)20(7)12-18(19-6)16-8-10-17(11-9-16)21-14(3)4/h8-11,13-15,18-19H,12H2,1-7H3. The molecule has 0 saturated heterocycles. The lowest BCUT2D eigenvalue weighted by atomic mass is 10.0. The number of nitrogens with zero attached hydrogens (tertiary/aromatic N) is 1. The lowest BCUT2D eigenvalue weighted by Crippen LogP contribution is -2.39. The van der Waals surface area contributed by atoms with Crippen LogP contribution in [0.5, 0.6) is 5.75 Å². The van der Waals surface area contributed by atoms with Crippen LogP contribution in [0.4, 0.5) is 0 Å². The fourth-order valence-corrected chi connectivity index (χ4v) is 2.38. The molecule has 0 aliphatic carbocycles. The van der Waals surface area contributed by atoms with Crippen LogP contribution in [-0.4, -0.2) is 37.7 Å². The number of nitrogens with one attached hydrogen (secondary N) is 1. The molecule has 2 unspecified atom stereocenters. The summed E-state index contributed by atoms with van der Waals surface area (Å²) in [5.74, 6) is 1.60. The van der Waals surface area contributed by atoms with E-state index < -0.39 is 0 Å². The smallest absolute Gasteiger partial charge is 0.119 e. The third-order valence-electron chi connectivity index (χ3n) is 4.13. The highest BCUT2D eigenvalue weighted by Crippen LogP contribution is 2.20. The van der Waals surface area contributed by atoms with E-state index in [1.54, 1.807) is 0 Å². The summed E-state index contributed by atoms with van der Waals surface area (Å²) >= 11 is 0. The summed E-state index contributed by atoms with van der Waals surface area (Å²) in [5.41, 5.74) is 1.30. The summed E-state index contributed by atoms with van der Waals surface area (Å²) in [6.45, 7) is 11.9. The third kappa shape index (κ3) is 5.68. The lowest BCUT2D eigenvalue weighted by Gasteiger charge is -2.31. The molecule has 0 fully saturated rings. The maximum absolute atomic E-state index is 5.70. The minimum atomic E-state index is 0.217. The lowest BCUT2D eigenvalue weighted by molar-refractivity contribution is 0.190. The number of hydrogen-bond donors (Lipinski definition) is 1. The molecule has 1 N–H and O–H groups in total. The van der Waals surface area contributed by atoms with Crippen LogP contribution < -0.4 is 10.1 Å². The van der Waals surface area contributed by atoms with Crippen LogP contribution in [0.3, 0.4) is 0 Å². The molecule has 0 aliphatic heterocycles. The summed E-state index contributed by atoms with van der Waals surface area (Å²) in [4.78, 5) is 2.42. The molecule has 1 aromatic carbocycles. The summed E-state index contributed by atoms with van der Waals surface area (Å²) < 4.78 is 5.70. The monoisotopic (exact) mass is 292 g/mol. The van der Waals surface area contributed by atoms with Gasteiger partial charge in [0.1, 0.15) is 5.75 Å². The first-order valence-electron chi connectivity index (χ1n) is 7.99. The Balaban J connectivity index is 2.71. The van der Waals surface area contributed by atoms with Gasteiger partial charge in [0.2, 0.25) is 0 Å². The fourth-order valence-electron chi connectivity index (χ4n) is 2.38. The van der Waals surface area contributed by atoms with Gasteiger partial charge in [0.15, 0.2) is 0 Å². The van der Waals surface area contributed by atoms with Crippen LogP contribution in [0.15, 0.2) is 24.3 Å². The van der Waals surface area contributed by atoms with Gasteiger partial charge in [0, 0.05) is 18.6 Å². The van der Waals surface area contributed by atoms with Gasteiger partial charge in [0.05, 0.1) is 6.10 Å². The van der Waals surface area contributed by atoms with E-state index >= 15 is 0 Å². The largest absolute Gasteiger partial charge is 0.491 e. The van der Waals surface area contributed by atoms with Crippen molar-refractivity contribution in [3.8, 4) is 5.75 Å². The molecule has 0 aromatic heterocycles. The maximum Gasteiger partial charge on any atom is 0.119 e. The highest BCUT2D eigenvalue weighted by atomic mass is 16.5. The Morgan fingerprint density at radius 2 is 1.62 bits per heavy atom. The zero-order valence-corrected chi connectivity index (χ0v) is 14.7. The van der Waals surface area contributed by atoms with Gasteiger partial charge in [-0.25, -0.2) is 0 Å². The molecule has 3 heteroatoms. The molecule has 2 atom stereocenters. The topological polar surface area (TPSA) is 24.5 Å². The van der Waals surface area contributed by atoms with E-state index in [1.165, 1.54) is 5.56 Å². The molecular formula is C18H32N2O. The van der Waals surface area contributed by atoms with Crippen molar-refractivity contribution >= 4 is 0 Å². The summed E-state index contributed by atoms with van der Waals surface area (Å²) in [5, 5.41) is 3.42. The van der Waals surface area contributed by atoms with Gasteiger partial charge in [0.25, 0.3) is 0 Å². The van der Waals surface area contributed by atoms with Crippen LogP contribution in [0.2, 0.25) is 0 Å². The average molecular weight is 292 g/mol. The first-order chi connectivity index (χ1) is 9.85. The zero-order chi connectivity index (χ0) is 16.0. The molecule has 0 spiro atoms. The number of benzene rings is 1. The Labute approximate surface area is 130 Å². The van der Waals surface area contributed by atoms with E-state index in [0.717, 1.165) is 12.3 Å². The van der Waals surface area contributed by atoms with E-state index in [9.17, 15) is 0 Å². The Morgan fingerprint density at radius 3 is 2.05 bits per heavy atom. The second-order valence-electron chi connectivity index (χ2n) is 6.50. The molecule has 1 aromatic rings. The van der Waals surface area contributed by atoms with E-state index in [-0.39, 0.29) is 6.10 Å². The van der Waals surface area contributed by atoms with Crippen LogP contribution in [0, 0.1) is 5.92 Å². The van der Waals surface area contributed by atoms with Crippen molar-refractivity contribution in [1.29, 1.82) is 0 Å². The van der Waals surface area contributed by atoms with Crippen molar-refractivity contribution in [3.63, 3.8) is 0 Å². The number of rotatable bonds is 8. The quantitative estimate of drug-likeness (QED) is 0.790. The minimum absolute atomic E-state index is 0.217. The van der Waals surface area contributed by atoms with Gasteiger partial charge in [-0.05, 0) is 58.5 Å². The van der Waals surface area contributed by atoms with E-state index in [4.69, 9.17) is 4.74 Å². The Kier molecular flexibility index (Phi) is 7.20. The second kappa shape index (κ2) is 8.40.